The predicted molar refractivity (Wildman–Crippen MR) is 55.2 cm³/mol. The molecule has 0 radical (unpaired) electrons. The van der Waals surface area contributed by atoms with E-state index < -0.39 is 6.04 Å². The number of carbonyl (C=O) groups is 2. The highest BCUT2D eigenvalue weighted by atomic mass is 16.5. The normalized spacial score (nSPS) is 16.9. The lowest BCUT2D eigenvalue weighted by Crippen LogP contribution is -2.43. The number of rotatable bonds is 6. The van der Waals surface area contributed by atoms with Crippen LogP contribution in [0.15, 0.2) is 0 Å². The van der Waals surface area contributed by atoms with Gasteiger partial charge in [-0.2, -0.15) is 0 Å². The van der Waals surface area contributed by atoms with Crippen LogP contribution in [0, 0.1) is 5.92 Å². The van der Waals surface area contributed by atoms with Gasteiger partial charge in [0.1, 0.15) is 6.04 Å². The van der Waals surface area contributed by atoms with Crippen molar-refractivity contribution in [3.05, 3.63) is 0 Å². The number of amides is 1. The van der Waals surface area contributed by atoms with Crippen LogP contribution in [0.2, 0.25) is 0 Å². The van der Waals surface area contributed by atoms with E-state index in [1.54, 1.807) is 7.05 Å². The average molecular weight is 214 g/mol. The summed E-state index contributed by atoms with van der Waals surface area (Å²) in [5, 5.41) is 5.59. The number of hydrogen-bond acceptors (Lipinski definition) is 4. The zero-order chi connectivity index (χ0) is 11.3. The van der Waals surface area contributed by atoms with Crippen molar-refractivity contribution in [2.24, 2.45) is 5.92 Å². The van der Waals surface area contributed by atoms with E-state index in [1.165, 1.54) is 7.11 Å². The van der Waals surface area contributed by atoms with Crippen LogP contribution in [0.4, 0.5) is 0 Å². The smallest absolute Gasteiger partial charge is 0.328 e. The van der Waals surface area contributed by atoms with Crippen LogP contribution in [0.1, 0.15) is 19.3 Å². The summed E-state index contributed by atoms with van der Waals surface area (Å²) in [6.45, 7) is 0.615. The molecule has 0 saturated heterocycles. The Kier molecular flexibility index (Phi) is 4.55. The lowest BCUT2D eigenvalue weighted by molar-refractivity contribution is -0.145. The molecule has 0 aliphatic heterocycles. The molecule has 86 valence electrons. The summed E-state index contributed by atoms with van der Waals surface area (Å²) in [6, 6.07) is -0.445. The highest BCUT2D eigenvalue weighted by molar-refractivity contribution is 5.85. The number of ether oxygens (including phenoxy) is 1. The third kappa shape index (κ3) is 3.87. The van der Waals surface area contributed by atoms with E-state index in [4.69, 9.17) is 0 Å². The molecule has 2 N–H and O–H groups in total. The Balaban J connectivity index is 2.37. The van der Waals surface area contributed by atoms with Crippen molar-refractivity contribution in [1.29, 1.82) is 0 Å². The maximum absolute atomic E-state index is 11.4. The van der Waals surface area contributed by atoms with Gasteiger partial charge >= 0.3 is 5.97 Å². The van der Waals surface area contributed by atoms with E-state index >= 15 is 0 Å². The first kappa shape index (κ1) is 12.0. The van der Waals surface area contributed by atoms with Crippen LogP contribution in [0.3, 0.4) is 0 Å². The first-order valence-electron chi connectivity index (χ1n) is 5.20. The van der Waals surface area contributed by atoms with Gasteiger partial charge in [0.25, 0.3) is 0 Å². The lowest BCUT2D eigenvalue weighted by atomic mass is 10.2. The van der Waals surface area contributed by atoms with E-state index in [9.17, 15) is 9.59 Å². The van der Waals surface area contributed by atoms with Crippen molar-refractivity contribution in [3.63, 3.8) is 0 Å². The molecular weight excluding hydrogens is 196 g/mol. The molecule has 15 heavy (non-hydrogen) atoms. The summed E-state index contributed by atoms with van der Waals surface area (Å²) >= 11 is 0. The Labute approximate surface area is 89.6 Å². The van der Waals surface area contributed by atoms with E-state index in [0.29, 0.717) is 13.0 Å². The molecule has 1 fully saturated rings. The second kappa shape index (κ2) is 5.70. The Hall–Kier alpha value is -1.10. The summed E-state index contributed by atoms with van der Waals surface area (Å²) in [5.41, 5.74) is 0. The second-order valence-corrected chi connectivity index (χ2v) is 3.76. The minimum Gasteiger partial charge on any atom is -0.467 e. The minimum atomic E-state index is -0.445. The van der Waals surface area contributed by atoms with Crippen molar-refractivity contribution in [1.82, 2.24) is 10.6 Å². The highest BCUT2D eigenvalue weighted by Crippen LogP contribution is 2.33. The van der Waals surface area contributed by atoms with Gasteiger partial charge in [-0.05, 0) is 25.8 Å². The maximum Gasteiger partial charge on any atom is 0.328 e. The van der Waals surface area contributed by atoms with Gasteiger partial charge in [0, 0.05) is 13.0 Å². The molecule has 5 nitrogen and oxygen atoms in total. The molecule has 0 spiro atoms. The van der Waals surface area contributed by atoms with Gasteiger partial charge in [-0.15, -0.1) is 0 Å². The number of hydrogen-bond donors (Lipinski definition) is 2. The van der Waals surface area contributed by atoms with Crippen molar-refractivity contribution in [3.8, 4) is 0 Å². The molecule has 1 unspecified atom stereocenters. The molecule has 1 atom stereocenters. The summed E-state index contributed by atoms with van der Waals surface area (Å²) in [6.07, 6.45) is 2.37. The molecule has 0 heterocycles. The molecule has 0 bridgehead atoms. The van der Waals surface area contributed by atoms with Crippen LogP contribution in [-0.2, 0) is 14.3 Å². The van der Waals surface area contributed by atoms with Crippen LogP contribution in [-0.4, -0.2) is 38.6 Å². The third-order valence-corrected chi connectivity index (χ3v) is 2.47. The fraction of sp³-hybridized carbons (Fsp3) is 0.800. The Bertz CT molecular complexity index is 239. The molecule has 0 aromatic carbocycles. The van der Waals surface area contributed by atoms with Gasteiger partial charge in [0.2, 0.25) is 5.91 Å². The Morgan fingerprint density at radius 3 is 2.60 bits per heavy atom. The Morgan fingerprint density at radius 2 is 2.13 bits per heavy atom. The van der Waals surface area contributed by atoms with E-state index in [0.717, 1.165) is 12.8 Å². The summed E-state index contributed by atoms with van der Waals surface area (Å²) < 4.78 is 4.65. The van der Waals surface area contributed by atoms with Crippen LogP contribution in [0.5, 0.6) is 0 Å². The predicted octanol–water partition coefficient (Wildman–Crippen LogP) is -0.336. The standard InChI is InChI=1S/C10H18N2O3/c1-11-6-5-8(13)12-9(7-3-4-7)10(14)15-2/h7,9,11H,3-6H2,1-2H3,(H,12,13). The van der Waals surface area contributed by atoms with Crippen molar-refractivity contribution >= 4 is 11.9 Å². The lowest BCUT2D eigenvalue weighted by Gasteiger charge is -2.15. The summed E-state index contributed by atoms with van der Waals surface area (Å²) in [7, 11) is 3.13. The monoisotopic (exact) mass is 214 g/mol. The van der Waals surface area contributed by atoms with Crippen LogP contribution < -0.4 is 10.6 Å². The summed E-state index contributed by atoms with van der Waals surface area (Å²) in [4.78, 5) is 22.8. The van der Waals surface area contributed by atoms with E-state index in [1.807, 2.05) is 0 Å². The molecule has 1 rings (SSSR count). The van der Waals surface area contributed by atoms with Gasteiger partial charge in [-0.3, -0.25) is 4.79 Å². The van der Waals surface area contributed by atoms with Crippen molar-refractivity contribution in [2.45, 2.75) is 25.3 Å². The molecular formula is C10H18N2O3. The van der Waals surface area contributed by atoms with Crippen molar-refractivity contribution < 1.29 is 14.3 Å². The van der Waals surface area contributed by atoms with Gasteiger partial charge < -0.3 is 15.4 Å². The third-order valence-electron chi connectivity index (χ3n) is 2.47. The van der Waals surface area contributed by atoms with Crippen LogP contribution >= 0.6 is 0 Å². The van der Waals surface area contributed by atoms with Gasteiger partial charge in [-0.1, -0.05) is 0 Å². The molecule has 1 amide bonds. The zero-order valence-corrected chi connectivity index (χ0v) is 9.21. The largest absolute Gasteiger partial charge is 0.467 e. The number of nitrogens with one attached hydrogen (secondary N) is 2. The molecule has 5 heteroatoms. The second-order valence-electron chi connectivity index (χ2n) is 3.76. The summed E-state index contributed by atoms with van der Waals surface area (Å²) in [5.74, 6) is -0.169. The average Bonchev–Trinajstić information content (AvgIpc) is 3.05. The van der Waals surface area contributed by atoms with E-state index in [-0.39, 0.29) is 17.8 Å². The fourth-order valence-electron chi connectivity index (χ4n) is 1.41. The van der Waals surface area contributed by atoms with Crippen LogP contribution in [0.25, 0.3) is 0 Å². The van der Waals surface area contributed by atoms with Gasteiger partial charge in [0.05, 0.1) is 7.11 Å². The number of carbonyl (C=O) groups excluding carboxylic acids is 2. The topological polar surface area (TPSA) is 67.4 Å². The quantitative estimate of drug-likeness (QED) is 0.594. The number of methoxy groups -OCH3 is 1. The first-order valence-corrected chi connectivity index (χ1v) is 5.20. The zero-order valence-electron chi connectivity index (χ0n) is 9.21. The highest BCUT2D eigenvalue weighted by Gasteiger charge is 2.37. The number of esters is 1. The fourth-order valence-corrected chi connectivity index (χ4v) is 1.41. The first-order chi connectivity index (χ1) is 7.19. The Morgan fingerprint density at radius 1 is 1.47 bits per heavy atom. The van der Waals surface area contributed by atoms with Gasteiger partial charge in [-0.25, -0.2) is 4.79 Å². The SMILES string of the molecule is CNCCC(=O)NC(C(=O)OC)C1CC1. The van der Waals surface area contributed by atoms with Gasteiger partial charge in [0.15, 0.2) is 0 Å². The molecule has 0 aromatic heterocycles. The minimum absolute atomic E-state index is 0.105. The molecule has 1 aliphatic carbocycles. The molecule has 1 saturated carbocycles. The van der Waals surface area contributed by atoms with E-state index in [2.05, 4.69) is 15.4 Å². The molecule has 1 aliphatic rings. The van der Waals surface area contributed by atoms with Crippen molar-refractivity contribution in [2.75, 3.05) is 20.7 Å². The maximum atomic E-state index is 11.4. The molecule has 0 aromatic rings.